The number of nitrogens with two attached hydrogens (primary N) is 1. The summed E-state index contributed by atoms with van der Waals surface area (Å²) < 4.78 is 2.84. The molecule has 2 aromatic rings. The Hall–Kier alpha value is -1.20. The molecule has 1 heterocycles. The lowest BCUT2D eigenvalue weighted by molar-refractivity contribution is 0.815. The fraction of sp³-hybridized carbons (Fsp3) is 0.273. The first-order valence-electron chi connectivity index (χ1n) is 5.01. The molecule has 2 rings (SSSR count). The van der Waals surface area contributed by atoms with E-state index in [1.54, 1.807) is 0 Å². The Balaban J connectivity index is 2.59. The van der Waals surface area contributed by atoms with Gasteiger partial charge < -0.3 is 5.73 Å². The van der Waals surface area contributed by atoms with Crippen LogP contribution in [0.5, 0.6) is 0 Å². The molecule has 4 nitrogen and oxygen atoms in total. The molecule has 0 aliphatic heterocycles. The summed E-state index contributed by atoms with van der Waals surface area (Å²) in [4.78, 5) is 4.28. The Labute approximate surface area is 103 Å². The molecule has 0 fully saturated rings. The van der Waals surface area contributed by atoms with E-state index in [-0.39, 0.29) is 0 Å². The van der Waals surface area contributed by atoms with Gasteiger partial charge in [0.2, 0.25) is 0 Å². The SMILES string of the molecule is Cc1nc(C)n(-c2ccc(Br)cc2CN)n1. The average molecular weight is 281 g/mol. The van der Waals surface area contributed by atoms with Gasteiger partial charge in [0.05, 0.1) is 5.69 Å². The fourth-order valence-corrected chi connectivity index (χ4v) is 2.08. The van der Waals surface area contributed by atoms with Gasteiger partial charge in [-0.1, -0.05) is 15.9 Å². The smallest absolute Gasteiger partial charge is 0.148 e. The summed E-state index contributed by atoms with van der Waals surface area (Å²) in [5.41, 5.74) is 7.76. The fourth-order valence-electron chi connectivity index (χ4n) is 1.67. The lowest BCUT2D eigenvalue weighted by Gasteiger charge is -2.09. The van der Waals surface area contributed by atoms with Crippen LogP contribution in [0, 0.1) is 13.8 Å². The summed E-state index contributed by atoms with van der Waals surface area (Å²) in [6.07, 6.45) is 0. The first kappa shape index (κ1) is 11.3. The molecule has 0 spiro atoms. The highest BCUT2D eigenvalue weighted by atomic mass is 79.9. The van der Waals surface area contributed by atoms with Gasteiger partial charge in [0, 0.05) is 11.0 Å². The van der Waals surface area contributed by atoms with Gasteiger partial charge in [-0.25, -0.2) is 9.67 Å². The molecule has 16 heavy (non-hydrogen) atoms. The van der Waals surface area contributed by atoms with E-state index in [0.717, 1.165) is 27.4 Å². The molecule has 0 bridgehead atoms. The van der Waals surface area contributed by atoms with Crippen molar-refractivity contribution >= 4 is 15.9 Å². The predicted molar refractivity (Wildman–Crippen MR) is 66.4 cm³/mol. The number of rotatable bonds is 2. The first-order chi connectivity index (χ1) is 7.61. The number of hydrogen-bond acceptors (Lipinski definition) is 3. The van der Waals surface area contributed by atoms with Crippen LogP contribution in [-0.4, -0.2) is 14.8 Å². The van der Waals surface area contributed by atoms with E-state index in [0.29, 0.717) is 6.54 Å². The van der Waals surface area contributed by atoms with E-state index in [4.69, 9.17) is 5.73 Å². The number of aromatic nitrogens is 3. The van der Waals surface area contributed by atoms with Crippen molar-refractivity contribution in [2.45, 2.75) is 20.4 Å². The van der Waals surface area contributed by atoms with Crippen LogP contribution in [0.1, 0.15) is 17.2 Å². The molecular formula is C11H13BrN4. The third-order valence-corrected chi connectivity index (χ3v) is 2.86. The van der Waals surface area contributed by atoms with Crippen LogP contribution >= 0.6 is 15.9 Å². The third-order valence-electron chi connectivity index (χ3n) is 2.36. The van der Waals surface area contributed by atoms with Crippen LogP contribution in [0.15, 0.2) is 22.7 Å². The minimum absolute atomic E-state index is 0.479. The zero-order valence-electron chi connectivity index (χ0n) is 9.24. The second-order valence-electron chi connectivity index (χ2n) is 3.60. The van der Waals surface area contributed by atoms with Crippen molar-refractivity contribution in [1.29, 1.82) is 0 Å². The predicted octanol–water partition coefficient (Wildman–Crippen LogP) is 2.11. The highest BCUT2D eigenvalue weighted by Crippen LogP contribution is 2.20. The van der Waals surface area contributed by atoms with Crippen molar-refractivity contribution in [3.05, 3.63) is 39.9 Å². The van der Waals surface area contributed by atoms with Crippen LogP contribution in [0.4, 0.5) is 0 Å². The molecule has 0 aliphatic rings. The molecule has 0 saturated carbocycles. The largest absolute Gasteiger partial charge is 0.326 e. The highest BCUT2D eigenvalue weighted by Gasteiger charge is 2.09. The van der Waals surface area contributed by atoms with E-state index >= 15 is 0 Å². The molecule has 0 amide bonds. The van der Waals surface area contributed by atoms with Gasteiger partial charge in [0.15, 0.2) is 0 Å². The summed E-state index contributed by atoms with van der Waals surface area (Å²) in [6, 6.07) is 5.98. The van der Waals surface area contributed by atoms with E-state index < -0.39 is 0 Å². The molecule has 84 valence electrons. The second-order valence-corrected chi connectivity index (χ2v) is 4.51. The van der Waals surface area contributed by atoms with Crippen LogP contribution < -0.4 is 5.73 Å². The Morgan fingerprint density at radius 2 is 2.12 bits per heavy atom. The maximum atomic E-state index is 5.73. The minimum atomic E-state index is 0.479. The van der Waals surface area contributed by atoms with Crippen molar-refractivity contribution < 1.29 is 0 Å². The second kappa shape index (κ2) is 4.35. The molecule has 1 aromatic heterocycles. The summed E-state index contributed by atoms with van der Waals surface area (Å²) in [6.45, 7) is 4.29. The van der Waals surface area contributed by atoms with E-state index in [2.05, 4.69) is 26.0 Å². The normalized spacial score (nSPS) is 10.8. The summed E-state index contributed by atoms with van der Waals surface area (Å²) >= 11 is 3.43. The van der Waals surface area contributed by atoms with E-state index in [1.807, 2.05) is 36.7 Å². The van der Waals surface area contributed by atoms with Crippen molar-refractivity contribution in [1.82, 2.24) is 14.8 Å². The van der Waals surface area contributed by atoms with Crippen molar-refractivity contribution in [2.24, 2.45) is 5.73 Å². The molecule has 2 N–H and O–H groups in total. The van der Waals surface area contributed by atoms with Gasteiger partial charge in [-0.15, -0.1) is 0 Å². The van der Waals surface area contributed by atoms with Crippen molar-refractivity contribution in [3.8, 4) is 5.69 Å². The summed E-state index contributed by atoms with van der Waals surface area (Å²) in [7, 11) is 0. The van der Waals surface area contributed by atoms with Crippen LogP contribution in [0.25, 0.3) is 5.69 Å². The number of nitrogens with zero attached hydrogens (tertiary/aromatic N) is 3. The van der Waals surface area contributed by atoms with Gasteiger partial charge in [0.1, 0.15) is 11.6 Å². The van der Waals surface area contributed by atoms with E-state index in [1.165, 1.54) is 0 Å². The third kappa shape index (κ3) is 2.01. The Bertz CT molecular complexity index is 519. The van der Waals surface area contributed by atoms with Crippen LogP contribution in [0.2, 0.25) is 0 Å². The molecule has 1 aromatic carbocycles. The summed E-state index contributed by atoms with van der Waals surface area (Å²) in [5.74, 6) is 1.64. The van der Waals surface area contributed by atoms with E-state index in [9.17, 15) is 0 Å². The maximum absolute atomic E-state index is 5.73. The molecule has 0 saturated heterocycles. The van der Waals surface area contributed by atoms with Crippen molar-refractivity contribution in [2.75, 3.05) is 0 Å². The van der Waals surface area contributed by atoms with Gasteiger partial charge in [-0.2, -0.15) is 5.10 Å². The lowest BCUT2D eigenvalue weighted by atomic mass is 10.2. The Morgan fingerprint density at radius 1 is 1.38 bits per heavy atom. The zero-order chi connectivity index (χ0) is 11.7. The first-order valence-corrected chi connectivity index (χ1v) is 5.80. The maximum Gasteiger partial charge on any atom is 0.148 e. The van der Waals surface area contributed by atoms with Crippen LogP contribution in [-0.2, 0) is 6.54 Å². The van der Waals surface area contributed by atoms with Gasteiger partial charge in [-0.3, -0.25) is 0 Å². The molecule has 0 aliphatic carbocycles. The van der Waals surface area contributed by atoms with Crippen molar-refractivity contribution in [3.63, 3.8) is 0 Å². The molecule has 0 unspecified atom stereocenters. The molecule has 0 atom stereocenters. The Morgan fingerprint density at radius 3 is 2.69 bits per heavy atom. The number of aryl methyl sites for hydroxylation is 2. The summed E-state index contributed by atoms with van der Waals surface area (Å²) in [5, 5.41) is 4.35. The molecule has 0 radical (unpaired) electrons. The standard InChI is InChI=1S/C11H13BrN4/c1-7-14-8(2)16(15-7)11-4-3-10(12)5-9(11)6-13/h3-5H,6,13H2,1-2H3. The molecular weight excluding hydrogens is 268 g/mol. The monoisotopic (exact) mass is 280 g/mol. The highest BCUT2D eigenvalue weighted by molar-refractivity contribution is 9.10. The number of halogens is 1. The van der Waals surface area contributed by atoms with Gasteiger partial charge >= 0.3 is 0 Å². The number of hydrogen-bond donors (Lipinski definition) is 1. The van der Waals surface area contributed by atoms with Gasteiger partial charge in [0.25, 0.3) is 0 Å². The Kier molecular flexibility index (Phi) is 3.07. The topological polar surface area (TPSA) is 56.7 Å². The minimum Gasteiger partial charge on any atom is -0.326 e. The average Bonchev–Trinajstić information content (AvgIpc) is 2.57. The number of benzene rings is 1. The quantitative estimate of drug-likeness (QED) is 0.917. The lowest BCUT2D eigenvalue weighted by Crippen LogP contribution is -2.07. The van der Waals surface area contributed by atoms with Crippen LogP contribution in [0.3, 0.4) is 0 Å². The van der Waals surface area contributed by atoms with Gasteiger partial charge in [-0.05, 0) is 37.6 Å². The zero-order valence-corrected chi connectivity index (χ0v) is 10.8. The molecule has 5 heteroatoms.